The van der Waals surface area contributed by atoms with E-state index in [1.54, 1.807) is 0 Å². The Morgan fingerprint density at radius 1 is 0.462 bits per heavy atom. The van der Waals surface area contributed by atoms with Crippen molar-refractivity contribution >= 4 is 11.9 Å². The molecule has 39 heavy (non-hydrogen) atoms. The third kappa shape index (κ3) is 4.63. The predicted octanol–water partition coefficient (Wildman–Crippen LogP) is 10.8. The minimum absolute atomic E-state index is 0.180. The second-order valence-corrected chi connectivity index (χ2v) is 9.11. The minimum Gasteiger partial charge on any atom is -0.261 e. The third-order valence-corrected chi connectivity index (χ3v) is 7.29. The third-order valence-electron chi connectivity index (χ3n) is 7.29. The molecule has 0 saturated carbocycles. The summed E-state index contributed by atoms with van der Waals surface area (Å²) in [5.41, 5.74) is 13.2. The van der Waals surface area contributed by atoms with E-state index in [-0.39, 0.29) is 5.41 Å². The number of benzene rings is 5. The zero-order chi connectivity index (χ0) is 27.8. The summed E-state index contributed by atoms with van der Waals surface area (Å²) in [6.07, 6.45) is 1.81. The zero-order valence-electron chi connectivity index (χ0n) is 24.1. The molecule has 196 valence electrons. The molecule has 0 saturated heterocycles. The van der Waals surface area contributed by atoms with Crippen LogP contribution in [0.4, 0.5) is 5.69 Å². The predicted molar refractivity (Wildman–Crippen MR) is 170 cm³/mol. The van der Waals surface area contributed by atoms with Crippen molar-refractivity contribution in [3.05, 3.63) is 149 Å². The summed E-state index contributed by atoms with van der Waals surface area (Å²) >= 11 is 0. The van der Waals surface area contributed by atoms with Gasteiger partial charge in [-0.2, -0.15) is 0 Å². The van der Waals surface area contributed by atoms with Crippen LogP contribution in [-0.4, -0.2) is 6.21 Å². The van der Waals surface area contributed by atoms with E-state index in [0.29, 0.717) is 0 Å². The Morgan fingerprint density at radius 2 is 0.769 bits per heavy atom. The van der Waals surface area contributed by atoms with E-state index < -0.39 is 0 Å². The van der Waals surface area contributed by atoms with E-state index in [4.69, 9.17) is 0 Å². The molecule has 0 unspecified atom stereocenters. The van der Waals surface area contributed by atoms with Gasteiger partial charge in [-0.25, -0.2) is 0 Å². The number of aliphatic imine (C=N–C) groups is 1. The van der Waals surface area contributed by atoms with Gasteiger partial charge < -0.3 is 0 Å². The van der Waals surface area contributed by atoms with E-state index in [0.717, 1.165) is 5.69 Å². The molecule has 0 heterocycles. The smallest absolute Gasteiger partial charge is 0.0725 e. The van der Waals surface area contributed by atoms with Crippen LogP contribution in [0, 0.1) is 6.92 Å². The highest BCUT2D eigenvalue weighted by Gasteiger charge is 2.51. The maximum atomic E-state index is 4.18. The zero-order valence-corrected chi connectivity index (χ0v) is 24.1. The highest BCUT2D eigenvalue weighted by atomic mass is 14.7. The second-order valence-electron chi connectivity index (χ2n) is 9.11. The van der Waals surface area contributed by atoms with Crippen LogP contribution >= 0.6 is 0 Å². The summed E-state index contributed by atoms with van der Waals surface area (Å²) in [5, 5.41) is 0. The molecule has 5 aromatic rings. The summed E-state index contributed by atoms with van der Waals surface area (Å²) < 4.78 is 0. The monoisotopic (exact) mass is 509 g/mol. The standard InChI is InChI=1S/C25H16.C9H11N.2C2H6/c1-5-13-21-17(9-1)18-10-2-6-14-22(18)25(21)23-15-7-3-11-19(23)20-12-4-8-16-24(20)25;1-3-10-9-7-5-4-6-8(9)2;2*1-2/h1-16H;3-7H,1-2H3;2*1-2H3. The largest absolute Gasteiger partial charge is 0.261 e. The van der Waals surface area contributed by atoms with Crippen LogP contribution in [0.3, 0.4) is 0 Å². The van der Waals surface area contributed by atoms with Gasteiger partial charge in [0.15, 0.2) is 0 Å². The SMILES string of the molecule is CC.CC.CC=Nc1ccccc1C.c1ccc2c(c1)-c1ccccc1C21c2ccccc2-c2ccccc21. The van der Waals surface area contributed by atoms with Gasteiger partial charge in [0.1, 0.15) is 0 Å². The molecule has 7 rings (SSSR count). The molecule has 0 N–H and O–H groups in total. The Kier molecular flexibility index (Phi) is 8.94. The number of nitrogens with zero attached hydrogens (tertiary/aromatic N) is 1. The number of hydrogen-bond donors (Lipinski definition) is 0. The van der Waals surface area contributed by atoms with Crippen molar-refractivity contribution in [1.82, 2.24) is 0 Å². The van der Waals surface area contributed by atoms with Crippen LogP contribution in [0.25, 0.3) is 22.3 Å². The van der Waals surface area contributed by atoms with Crippen molar-refractivity contribution in [2.75, 3.05) is 0 Å². The Balaban J connectivity index is 0.000000214. The molecular formula is C38H39N. The van der Waals surface area contributed by atoms with Crippen LogP contribution in [-0.2, 0) is 5.41 Å². The maximum Gasteiger partial charge on any atom is 0.0725 e. The number of para-hydroxylation sites is 1. The molecule has 1 heteroatoms. The molecule has 2 aliphatic rings. The van der Waals surface area contributed by atoms with Gasteiger partial charge in [-0.05, 0) is 70.0 Å². The first-order valence-corrected chi connectivity index (χ1v) is 14.2. The van der Waals surface area contributed by atoms with Gasteiger partial charge in [-0.15, -0.1) is 0 Å². The fourth-order valence-electron chi connectivity index (χ4n) is 5.90. The van der Waals surface area contributed by atoms with Crippen LogP contribution < -0.4 is 0 Å². The summed E-state index contributed by atoms with van der Waals surface area (Å²) in [5.74, 6) is 0. The summed E-state index contributed by atoms with van der Waals surface area (Å²) in [7, 11) is 0. The highest BCUT2D eigenvalue weighted by Crippen LogP contribution is 2.62. The fourth-order valence-corrected chi connectivity index (χ4v) is 5.90. The molecule has 0 aliphatic heterocycles. The lowest BCUT2D eigenvalue weighted by atomic mass is 9.70. The van der Waals surface area contributed by atoms with Crippen molar-refractivity contribution in [3.63, 3.8) is 0 Å². The fraction of sp³-hybridized carbons (Fsp3) is 0.184. The Labute approximate surface area is 234 Å². The lowest BCUT2D eigenvalue weighted by molar-refractivity contribution is 0.794. The van der Waals surface area contributed by atoms with E-state index in [9.17, 15) is 0 Å². The van der Waals surface area contributed by atoms with Gasteiger partial charge in [0.2, 0.25) is 0 Å². The van der Waals surface area contributed by atoms with Crippen molar-refractivity contribution in [2.45, 2.75) is 47.0 Å². The topological polar surface area (TPSA) is 12.4 Å². The van der Waals surface area contributed by atoms with Crippen molar-refractivity contribution in [1.29, 1.82) is 0 Å². The first kappa shape index (κ1) is 27.8. The minimum atomic E-state index is -0.180. The van der Waals surface area contributed by atoms with Crippen molar-refractivity contribution in [3.8, 4) is 22.3 Å². The molecule has 1 spiro atoms. The molecule has 5 aromatic carbocycles. The molecule has 0 fully saturated rings. The lowest BCUT2D eigenvalue weighted by Crippen LogP contribution is -2.25. The average Bonchev–Trinajstić information content (AvgIpc) is 3.49. The summed E-state index contributed by atoms with van der Waals surface area (Å²) in [6.45, 7) is 12.0. The molecule has 0 amide bonds. The molecule has 1 nitrogen and oxygen atoms in total. The Hall–Kier alpha value is -4.23. The summed E-state index contributed by atoms with van der Waals surface area (Å²) in [6, 6.07) is 43.7. The van der Waals surface area contributed by atoms with E-state index in [1.165, 1.54) is 50.1 Å². The number of fused-ring (bicyclic) bond motifs is 10. The molecule has 0 radical (unpaired) electrons. The Morgan fingerprint density at radius 3 is 1.10 bits per heavy atom. The van der Waals surface area contributed by atoms with Crippen LogP contribution in [0.5, 0.6) is 0 Å². The van der Waals surface area contributed by atoms with Crippen LogP contribution in [0.15, 0.2) is 126 Å². The number of hydrogen-bond acceptors (Lipinski definition) is 1. The van der Waals surface area contributed by atoms with Crippen LogP contribution in [0.1, 0.15) is 62.4 Å². The van der Waals surface area contributed by atoms with Gasteiger partial charge in [-0.1, -0.05) is 143 Å². The maximum absolute atomic E-state index is 4.18. The van der Waals surface area contributed by atoms with Gasteiger partial charge in [0, 0.05) is 6.21 Å². The van der Waals surface area contributed by atoms with Crippen LogP contribution in [0.2, 0.25) is 0 Å². The molecular weight excluding hydrogens is 470 g/mol. The quantitative estimate of drug-likeness (QED) is 0.195. The lowest BCUT2D eigenvalue weighted by Gasteiger charge is -2.30. The summed E-state index contributed by atoms with van der Waals surface area (Å²) in [4.78, 5) is 4.18. The normalized spacial score (nSPS) is 12.5. The van der Waals surface area contributed by atoms with E-state index >= 15 is 0 Å². The molecule has 0 aromatic heterocycles. The van der Waals surface area contributed by atoms with Crippen molar-refractivity contribution in [2.24, 2.45) is 4.99 Å². The van der Waals surface area contributed by atoms with Gasteiger partial charge in [-0.3, -0.25) is 4.99 Å². The van der Waals surface area contributed by atoms with Gasteiger partial charge in [0.25, 0.3) is 0 Å². The second kappa shape index (κ2) is 12.5. The van der Waals surface area contributed by atoms with Crippen molar-refractivity contribution < 1.29 is 0 Å². The highest BCUT2D eigenvalue weighted by molar-refractivity contribution is 5.94. The molecule has 0 atom stereocenters. The molecule has 0 bridgehead atoms. The average molecular weight is 510 g/mol. The number of aryl methyl sites for hydroxylation is 1. The first-order chi connectivity index (χ1) is 19.3. The van der Waals surface area contributed by atoms with Gasteiger partial charge in [0.05, 0.1) is 11.1 Å². The Bertz CT molecular complexity index is 1390. The number of rotatable bonds is 1. The molecule has 2 aliphatic carbocycles. The van der Waals surface area contributed by atoms with E-state index in [1.807, 2.05) is 59.0 Å². The first-order valence-electron chi connectivity index (χ1n) is 14.2. The van der Waals surface area contributed by atoms with Gasteiger partial charge >= 0.3 is 0 Å². The van der Waals surface area contributed by atoms with E-state index in [2.05, 4.69) is 115 Å².